The molecular formula is C16H17IO2. The van der Waals surface area contributed by atoms with E-state index < -0.39 is 0 Å². The highest BCUT2D eigenvalue weighted by Gasteiger charge is 2.20. The lowest BCUT2D eigenvalue weighted by molar-refractivity contribution is 0.201. The number of aromatic hydroxyl groups is 1. The maximum atomic E-state index is 9.36. The summed E-state index contributed by atoms with van der Waals surface area (Å²) in [5.74, 6) is 1.14. The number of phenols is 1. The van der Waals surface area contributed by atoms with Gasteiger partial charge in [-0.1, -0.05) is 37.3 Å². The molecule has 0 aromatic heterocycles. The highest BCUT2D eigenvalue weighted by Crippen LogP contribution is 2.35. The minimum absolute atomic E-state index is 0.217. The fraction of sp³-hybridized carbons (Fsp3) is 0.250. The number of rotatable bonds is 4. The number of hydrogen-bond acceptors (Lipinski definition) is 2. The summed E-state index contributed by atoms with van der Waals surface area (Å²) in [5.41, 5.74) is 2.08. The maximum absolute atomic E-state index is 9.36. The molecule has 1 N–H and O–H groups in total. The summed E-state index contributed by atoms with van der Waals surface area (Å²) in [6.07, 6.45) is 0.928. The zero-order valence-corrected chi connectivity index (χ0v) is 13.2. The summed E-state index contributed by atoms with van der Waals surface area (Å²) in [5, 5.41) is 9.36. The minimum atomic E-state index is -0.217. The molecule has 0 aliphatic heterocycles. The Bertz CT molecular complexity index is 547. The van der Waals surface area contributed by atoms with Crippen molar-refractivity contribution in [3.63, 3.8) is 0 Å². The van der Waals surface area contributed by atoms with E-state index in [9.17, 15) is 5.11 Å². The lowest BCUT2D eigenvalue weighted by atomic mass is 10.0. The van der Waals surface area contributed by atoms with Crippen LogP contribution in [0.5, 0.6) is 11.5 Å². The van der Waals surface area contributed by atoms with Gasteiger partial charge < -0.3 is 9.84 Å². The molecule has 0 bridgehead atoms. The lowest BCUT2D eigenvalue weighted by Crippen LogP contribution is -2.22. The number of halogens is 1. The van der Waals surface area contributed by atoms with Crippen molar-refractivity contribution in [1.29, 1.82) is 0 Å². The molecule has 0 radical (unpaired) electrons. The highest BCUT2D eigenvalue weighted by molar-refractivity contribution is 14.1. The van der Waals surface area contributed by atoms with Crippen LogP contribution >= 0.6 is 22.6 Å². The molecule has 3 heteroatoms. The van der Waals surface area contributed by atoms with Crippen molar-refractivity contribution < 1.29 is 9.84 Å². The molecule has 0 heterocycles. The van der Waals surface area contributed by atoms with Gasteiger partial charge in [0.05, 0.1) is 0 Å². The van der Waals surface area contributed by atoms with Crippen LogP contribution in [0.3, 0.4) is 0 Å². The second-order valence-electron chi connectivity index (χ2n) is 4.60. The Morgan fingerprint density at radius 3 is 2.37 bits per heavy atom. The van der Waals surface area contributed by atoms with E-state index in [4.69, 9.17) is 4.74 Å². The monoisotopic (exact) mass is 368 g/mol. The first-order valence-corrected chi connectivity index (χ1v) is 7.36. The third kappa shape index (κ3) is 3.62. The van der Waals surface area contributed by atoms with Crippen molar-refractivity contribution in [2.24, 2.45) is 0 Å². The van der Waals surface area contributed by atoms with Crippen molar-refractivity contribution >= 4 is 22.6 Å². The Labute approximate surface area is 127 Å². The van der Waals surface area contributed by atoms with E-state index in [1.165, 1.54) is 0 Å². The Morgan fingerprint density at radius 2 is 1.74 bits per heavy atom. The summed E-state index contributed by atoms with van der Waals surface area (Å²) in [6.45, 7) is 4.18. The van der Waals surface area contributed by atoms with Crippen LogP contribution in [0.4, 0.5) is 0 Å². The fourth-order valence-corrected chi connectivity index (χ4v) is 1.97. The van der Waals surface area contributed by atoms with E-state index in [1.54, 1.807) is 12.1 Å². The van der Waals surface area contributed by atoms with Gasteiger partial charge in [0.15, 0.2) is 3.61 Å². The molecule has 19 heavy (non-hydrogen) atoms. The van der Waals surface area contributed by atoms with Crippen molar-refractivity contribution in [2.45, 2.75) is 23.9 Å². The molecule has 100 valence electrons. The van der Waals surface area contributed by atoms with Crippen molar-refractivity contribution in [2.75, 3.05) is 0 Å². The van der Waals surface area contributed by atoms with Gasteiger partial charge in [-0.25, -0.2) is 0 Å². The first-order chi connectivity index (χ1) is 9.02. The van der Waals surface area contributed by atoms with Gasteiger partial charge in [0.2, 0.25) is 0 Å². The molecule has 0 saturated heterocycles. The van der Waals surface area contributed by atoms with E-state index in [0.29, 0.717) is 0 Å². The highest BCUT2D eigenvalue weighted by atomic mass is 127. The number of benzene rings is 2. The summed E-state index contributed by atoms with van der Waals surface area (Å²) in [7, 11) is 0. The SMILES string of the molecule is CCC(C)(I)Oc1ccccc1-c1ccc(O)cc1. The molecular weight excluding hydrogens is 351 g/mol. The molecule has 2 aromatic carbocycles. The van der Waals surface area contributed by atoms with E-state index in [1.807, 2.05) is 36.4 Å². The largest absolute Gasteiger partial charge is 0.508 e. The predicted molar refractivity (Wildman–Crippen MR) is 86.9 cm³/mol. The molecule has 0 saturated carbocycles. The average molecular weight is 368 g/mol. The predicted octanol–water partition coefficient (Wildman–Crippen LogP) is 5.00. The smallest absolute Gasteiger partial charge is 0.156 e. The summed E-state index contributed by atoms with van der Waals surface area (Å²) in [6, 6.07) is 15.2. The van der Waals surface area contributed by atoms with E-state index in [2.05, 4.69) is 36.4 Å². The quantitative estimate of drug-likeness (QED) is 0.608. The van der Waals surface area contributed by atoms with Gasteiger partial charge in [0.1, 0.15) is 11.5 Å². The van der Waals surface area contributed by atoms with Gasteiger partial charge >= 0.3 is 0 Å². The van der Waals surface area contributed by atoms with Crippen LogP contribution in [0.1, 0.15) is 20.3 Å². The van der Waals surface area contributed by atoms with Crippen LogP contribution in [-0.4, -0.2) is 8.71 Å². The van der Waals surface area contributed by atoms with Crippen molar-refractivity contribution in [1.82, 2.24) is 0 Å². The van der Waals surface area contributed by atoms with Crippen molar-refractivity contribution in [3.05, 3.63) is 48.5 Å². The molecule has 2 rings (SSSR count). The molecule has 0 amide bonds. The fourth-order valence-electron chi connectivity index (χ4n) is 1.74. The van der Waals surface area contributed by atoms with Crippen LogP contribution < -0.4 is 4.74 Å². The minimum Gasteiger partial charge on any atom is -0.508 e. The molecule has 0 fully saturated rings. The molecule has 0 aliphatic rings. The van der Waals surface area contributed by atoms with E-state index in [-0.39, 0.29) is 9.36 Å². The van der Waals surface area contributed by atoms with Gasteiger partial charge in [0, 0.05) is 5.56 Å². The lowest BCUT2D eigenvalue weighted by Gasteiger charge is -2.24. The Morgan fingerprint density at radius 1 is 1.11 bits per heavy atom. The Hall–Kier alpha value is -1.23. The number of alkyl halides is 1. The van der Waals surface area contributed by atoms with E-state index >= 15 is 0 Å². The third-order valence-corrected chi connectivity index (χ3v) is 4.00. The summed E-state index contributed by atoms with van der Waals surface area (Å²) < 4.78 is 5.87. The van der Waals surface area contributed by atoms with Gasteiger partial charge in [-0.05, 0) is 59.7 Å². The van der Waals surface area contributed by atoms with E-state index in [0.717, 1.165) is 23.3 Å². The normalized spacial score (nSPS) is 13.8. The zero-order chi connectivity index (χ0) is 13.9. The van der Waals surface area contributed by atoms with Crippen LogP contribution in [-0.2, 0) is 0 Å². The Balaban J connectivity index is 2.38. The van der Waals surface area contributed by atoms with Crippen LogP contribution in [0, 0.1) is 0 Å². The second kappa shape index (κ2) is 5.82. The van der Waals surface area contributed by atoms with Gasteiger partial charge in [-0.2, -0.15) is 0 Å². The molecule has 0 aliphatic carbocycles. The first kappa shape index (κ1) is 14.2. The number of phenolic OH excluding ortho intramolecular Hbond substituents is 1. The standard InChI is InChI=1S/C16H17IO2/c1-3-16(2,17)19-15-7-5-4-6-14(15)12-8-10-13(18)11-9-12/h4-11,18H,3H2,1-2H3. The van der Waals surface area contributed by atoms with Crippen LogP contribution in [0.2, 0.25) is 0 Å². The topological polar surface area (TPSA) is 29.5 Å². The number of para-hydroxylation sites is 1. The molecule has 1 unspecified atom stereocenters. The molecule has 2 nitrogen and oxygen atoms in total. The zero-order valence-electron chi connectivity index (χ0n) is 11.1. The van der Waals surface area contributed by atoms with Crippen molar-refractivity contribution in [3.8, 4) is 22.6 Å². The maximum Gasteiger partial charge on any atom is 0.156 e. The van der Waals surface area contributed by atoms with Gasteiger partial charge in [-0.3, -0.25) is 0 Å². The average Bonchev–Trinajstić information content (AvgIpc) is 2.40. The molecule has 1 atom stereocenters. The molecule has 2 aromatic rings. The van der Waals surface area contributed by atoms with Crippen LogP contribution in [0.15, 0.2) is 48.5 Å². The summed E-state index contributed by atoms with van der Waals surface area (Å²) >= 11 is 2.32. The Kier molecular flexibility index (Phi) is 4.34. The first-order valence-electron chi connectivity index (χ1n) is 6.28. The number of hydrogen-bond donors (Lipinski definition) is 1. The van der Waals surface area contributed by atoms with Gasteiger partial charge in [0.25, 0.3) is 0 Å². The molecule has 0 spiro atoms. The third-order valence-electron chi connectivity index (χ3n) is 3.02. The number of ether oxygens (including phenoxy) is 1. The van der Waals surface area contributed by atoms with Crippen LogP contribution in [0.25, 0.3) is 11.1 Å². The summed E-state index contributed by atoms with van der Waals surface area (Å²) in [4.78, 5) is 0. The van der Waals surface area contributed by atoms with Gasteiger partial charge in [-0.15, -0.1) is 0 Å². The second-order valence-corrected chi connectivity index (χ2v) is 6.88.